The Balaban J connectivity index is 0.00000312. The molecule has 1 unspecified atom stereocenters. The highest BCUT2D eigenvalue weighted by molar-refractivity contribution is 5.85. The standard InChI is InChI=1S/C17H22F3NO3.ClH/c18-17(19,20)12-24-15-5-1-3-14(9-15)11-21-7-2-4-13(6-8-21)10-16(22)23;/h1,3,5,9,13H,2,4,6-8,10-12H2,(H,22,23);1H. The van der Waals surface area contributed by atoms with Crippen molar-refractivity contribution in [2.24, 2.45) is 5.92 Å². The molecule has 1 aromatic rings. The second kappa shape index (κ2) is 9.87. The normalized spacial score (nSPS) is 18.9. The van der Waals surface area contributed by atoms with E-state index in [0.717, 1.165) is 37.9 Å². The Labute approximate surface area is 151 Å². The van der Waals surface area contributed by atoms with E-state index < -0.39 is 18.8 Å². The number of alkyl halides is 3. The molecule has 0 bridgehead atoms. The van der Waals surface area contributed by atoms with Crippen LogP contribution < -0.4 is 4.74 Å². The largest absolute Gasteiger partial charge is 0.484 e. The molecule has 4 nitrogen and oxygen atoms in total. The Bertz CT molecular complexity index is 554. The van der Waals surface area contributed by atoms with Gasteiger partial charge in [0, 0.05) is 13.0 Å². The van der Waals surface area contributed by atoms with Crippen LogP contribution in [-0.4, -0.2) is 41.8 Å². The fraction of sp³-hybridized carbons (Fsp3) is 0.588. The van der Waals surface area contributed by atoms with E-state index in [1.807, 2.05) is 6.07 Å². The van der Waals surface area contributed by atoms with Crippen molar-refractivity contribution in [3.8, 4) is 5.75 Å². The number of nitrogens with zero attached hydrogens (tertiary/aromatic N) is 1. The molecule has 8 heteroatoms. The van der Waals surface area contributed by atoms with Crippen molar-refractivity contribution in [2.75, 3.05) is 19.7 Å². The number of hydrogen-bond acceptors (Lipinski definition) is 3. The molecular formula is C17H23ClF3NO3. The number of halogens is 4. The molecule has 25 heavy (non-hydrogen) atoms. The van der Waals surface area contributed by atoms with E-state index in [0.29, 0.717) is 6.54 Å². The predicted octanol–water partition coefficient (Wildman–Crippen LogP) is 4.13. The third-order valence-corrected chi connectivity index (χ3v) is 4.11. The van der Waals surface area contributed by atoms with Crippen LogP contribution in [0.25, 0.3) is 0 Å². The summed E-state index contributed by atoms with van der Waals surface area (Å²) in [5.41, 5.74) is 0.895. The van der Waals surface area contributed by atoms with Crippen LogP contribution >= 0.6 is 12.4 Å². The average Bonchev–Trinajstić information content (AvgIpc) is 2.70. The highest BCUT2D eigenvalue weighted by Crippen LogP contribution is 2.23. The number of hydrogen-bond donors (Lipinski definition) is 1. The van der Waals surface area contributed by atoms with Gasteiger partial charge in [-0.3, -0.25) is 9.69 Å². The molecule has 0 radical (unpaired) electrons. The number of carbonyl (C=O) groups is 1. The fourth-order valence-electron chi connectivity index (χ4n) is 2.99. The summed E-state index contributed by atoms with van der Waals surface area (Å²) in [7, 11) is 0. The first-order chi connectivity index (χ1) is 11.3. The third-order valence-electron chi connectivity index (χ3n) is 4.11. The van der Waals surface area contributed by atoms with Gasteiger partial charge in [0.2, 0.25) is 0 Å². The van der Waals surface area contributed by atoms with Crippen molar-refractivity contribution in [3.05, 3.63) is 29.8 Å². The van der Waals surface area contributed by atoms with E-state index in [9.17, 15) is 18.0 Å². The summed E-state index contributed by atoms with van der Waals surface area (Å²) in [6.45, 7) is 0.995. The summed E-state index contributed by atoms with van der Waals surface area (Å²) in [6, 6.07) is 6.69. The fourth-order valence-corrected chi connectivity index (χ4v) is 2.99. The molecule has 1 heterocycles. The van der Waals surface area contributed by atoms with Crippen molar-refractivity contribution in [3.63, 3.8) is 0 Å². The quantitative estimate of drug-likeness (QED) is 0.805. The molecule has 0 saturated carbocycles. The lowest BCUT2D eigenvalue weighted by Crippen LogP contribution is -2.24. The van der Waals surface area contributed by atoms with E-state index >= 15 is 0 Å². The molecule has 0 aliphatic carbocycles. The topological polar surface area (TPSA) is 49.8 Å². The van der Waals surface area contributed by atoms with Gasteiger partial charge in [0.1, 0.15) is 5.75 Å². The summed E-state index contributed by atoms with van der Waals surface area (Å²) in [4.78, 5) is 13.0. The van der Waals surface area contributed by atoms with Crippen LogP contribution in [0.15, 0.2) is 24.3 Å². The first kappa shape index (κ1) is 21.6. The Morgan fingerprint density at radius 1 is 1.28 bits per heavy atom. The SMILES string of the molecule is Cl.O=C(O)CC1CCCN(Cc2cccc(OCC(F)(F)F)c2)CC1. The minimum atomic E-state index is -4.35. The van der Waals surface area contributed by atoms with Crippen LogP contribution in [0.3, 0.4) is 0 Å². The number of carboxylic acids is 1. The molecule has 142 valence electrons. The minimum absolute atomic E-state index is 0. The first-order valence-corrected chi connectivity index (χ1v) is 8.04. The van der Waals surface area contributed by atoms with Gasteiger partial charge < -0.3 is 9.84 Å². The van der Waals surface area contributed by atoms with E-state index in [-0.39, 0.29) is 30.5 Å². The van der Waals surface area contributed by atoms with E-state index in [1.54, 1.807) is 12.1 Å². The van der Waals surface area contributed by atoms with Crippen molar-refractivity contribution in [2.45, 2.75) is 38.4 Å². The molecule has 1 N–H and O–H groups in total. The summed E-state index contributed by atoms with van der Waals surface area (Å²) < 4.78 is 41.4. The summed E-state index contributed by atoms with van der Waals surface area (Å²) in [6.07, 6.45) is -1.48. The van der Waals surface area contributed by atoms with Gasteiger partial charge in [-0.25, -0.2) is 0 Å². The van der Waals surface area contributed by atoms with Crippen LogP contribution in [0.1, 0.15) is 31.2 Å². The number of benzene rings is 1. The average molecular weight is 382 g/mol. The van der Waals surface area contributed by atoms with E-state index in [2.05, 4.69) is 4.90 Å². The van der Waals surface area contributed by atoms with Gasteiger partial charge in [0.25, 0.3) is 0 Å². The zero-order valence-electron chi connectivity index (χ0n) is 13.8. The second-order valence-electron chi connectivity index (χ2n) is 6.22. The van der Waals surface area contributed by atoms with Gasteiger partial charge in [-0.1, -0.05) is 12.1 Å². The van der Waals surface area contributed by atoms with Gasteiger partial charge in [-0.15, -0.1) is 12.4 Å². The smallest absolute Gasteiger partial charge is 0.422 e. The highest BCUT2D eigenvalue weighted by atomic mass is 35.5. The number of carboxylic acid groups (broad SMARTS) is 1. The van der Waals surface area contributed by atoms with E-state index in [4.69, 9.17) is 9.84 Å². The molecule has 0 amide bonds. The summed E-state index contributed by atoms with van der Waals surface area (Å²) in [5, 5.41) is 8.89. The molecule has 1 atom stereocenters. The minimum Gasteiger partial charge on any atom is -0.484 e. The lowest BCUT2D eigenvalue weighted by atomic mass is 9.97. The van der Waals surface area contributed by atoms with Crippen LogP contribution in [0.4, 0.5) is 13.2 Å². The molecule has 0 aromatic heterocycles. The molecule has 1 fully saturated rings. The zero-order chi connectivity index (χ0) is 17.6. The Hall–Kier alpha value is -1.47. The Kier molecular flexibility index (Phi) is 8.52. The first-order valence-electron chi connectivity index (χ1n) is 8.04. The molecular weight excluding hydrogens is 359 g/mol. The highest BCUT2D eigenvalue weighted by Gasteiger charge is 2.28. The lowest BCUT2D eigenvalue weighted by Gasteiger charge is -2.20. The number of ether oxygens (including phenoxy) is 1. The predicted molar refractivity (Wildman–Crippen MR) is 90.1 cm³/mol. The Morgan fingerprint density at radius 2 is 2.04 bits per heavy atom. The van der Waals surface area contributed by atoms with Crippen LogP contribution in [0.2, 0.25) is 0 Å². The third kappa shape index (κ3) is 8.45. The van der Waals surface area contributed by atoms with Gasteiger partial charge in [-0.05, 0) is 56.0 Å². The van der Waals surface area contributed by atoms with Crippen molar-refractivity contribution < 1.29 is 27.8 Å². The lowest BCUT2D eigenvalue weighted by molar-refractivity contribution is -0.153. The van der Waals surface area contributed by atoms with Gasteiger partial charge in [0.05, 0.1) is 0 Å². The second-order valence-corrected chi connectivity index (χ2v) is 6.22. The molecule has 1 aliphatic heterocycles. The number of aliphatic carboxylic acids is 1. The molecule has 1 aromatic carbocycles. The monoisotopic (exact) mass is 381 g/mol. The van der Waals surface area contributed by atoms with Gasteiger partial charge in [-0.2, -0.15) is 13.2 Å². The Morgan fingerprint density at radius 3 is 2.72 bits per heavy atom. The van der Waals surface area contributed by atoms with Crippen LogP contribution in [0, 0.1) is 5.92 Å². The van der Waals surface area contributed by atoms with Crippen LogP contribution in [-0.2, 0) is 11.3 Å². The maximum Gasteiger partial charge on any atom is 0.422 e. The zero-order valence-corrected chi connectivity index (χ0v) is 14.6. The number of rotatable bonds is 6. The number of likely N-dealkylation sites (tertiary alicyclic amines) is 1. The molecule has 1 saturated heterocycles. The van der Waals surface area contributed by atoms with Crippen molar-refractivity contribution >= 4 is 18.4 Å². The maximum absolute atomic E-state index is 12.2. The van der Waals surface area contributed by atoms with E-state index in [1.165, 1.54) is 6.07 Å². The van der Waals surface area contributed by atoms with Crippen LogP contribution in [0.5, 0.6) is 5.75 Å². The summed E-state index contributed by atoms with van der Waals surface area (Å²) in [5.74, 6) is -0.347. The van der Waals surface area contributed by atoms with Crippen molar-refractivity contribution in [1.29, 1.82) is 0 Å². The summed E-state index contributed by atoms with van der Waals surface area (Å²) >= 11 is 0. The van der Waals surface area contributed by atoms with Gasteiger partial charge in [0.15, 0.2) is 6.61 Å². The van der Waals surface area contributed by atoms with Crippen molar-refractivity contribution in [1.82, 2.24) is 4.90 Å². The van der Waals surface area contributed by atoms with Gasteiger partial charge >= 0.3 is 12.1 Å². The molecule has 2 rings (SSSR count). The molecule has 0 spiro atoms. The maximum atomic E-state index is 12.2. The molecule has 1 aliphatic rings.